The molecule has 0 bridgehead atoms. The summed E-state index contributed by atoms with van der Waals surface area (Å²) in [7, 11) is 0. The number of carbonyl (C=O) groups excluding carboxylic acids is 1. The van der Waals surface area contributed by atoms with Gasteiger partial charge in [-0.3, -0.25) is 4.79 Å². The van der Waals surface area contributed by atoms with E-state index in [9.17, 15) is 4.79 Å². The molecule has 0 saturated heterocycles. The van der Waals surface area contributed by atoms with Crippen molar-refractivity contribution in [3.63, 3.8) is 0 Å². The Hall–Kier alpha value is -1.80. The van der Waals surface area contributed by atoms with Gasteiger partial charge in [-0.1, -0.05) is 42.5 Å². The van der Waals surface area contributed by atoms with E-state index in [4.69, 9.17) is 11.6 Å². The topological polar surface area (TPSA) is 29.1 Å². The highest BCUT2D eigenvalue weighted by atomic mass is 35.5. The molecule has 0 aliphatic rings. The van der Waals surface area contributed by atoms with Crippen LogP contribution in [0.25, 0.3) is 0 Å². The molecule has 0 spiro atoms. The Bertz CT molecular complexity index is 639. The molecule has 0 radical (unpaired) electrons. The van der Waals surface area contributed by atoms with Crippen LogP contribution in [-0.2, 0) is 5.54 Å². The van der Waals surface area contributed by atoms with Crippen LogP contribution < -0.4 is 5.32 Å². The second kappa shape index (κ2) is 6.31. The number of benzene rings is 2. The van der Waals surface area contributed by atoms with Gasteiger partial charge in [0.25, 0.3) is 5.91 Å². The number of hydrogen-bond donors (Lipinski definition) is 1. The van der Waals surface area contributed by atoms with E-state index in [1.54, 1.807) is 0 Å². The van der Waals surface area contributed by atoms with Crippen molar-refractivity contribution in [2.24, 2.45) is 0 Å². The molecule has 1 N–H and O–H groups in total. The van der Waals surface area contributed by atoms with Crippen LogP contribution in [0.4, 0.5) is 0 Å². The number of rotatable bonds is 4. The zero-order chi connectivity index (χ0) is 15.5. The third-order valence-corrected chi connectivity index (χ3v) is 4.45. The fraction of sp³-hybridized carbons (Fsp3) is 0.278. The minimum atomic E-state index is -0.587. The van der Waals surface area contributed by atoms with E-state index in [-0.39, 0.29) is 5.91 Å². The fourth-order valence-electron chi connectivity index (χ4n) is 2.30. The average molecular weight is 302 g/mol. The molecule has 2 rings (SSSR count). The SMILES string of the molecule is Cc1cccc(C(=O)NC(C)(CCl)c2ccccc2)c1C. The molecule has 110 valence electrons. The summed E-state index contributed by atoms with van der Waals surface area (Å²) in [5, 5.41) is 3.07. The van der Waals surface area contributed by atoms with Crippen molar-refractivity contribution in [3.05, 3.63) is 70.8 Å². The molecule has 2 aromatic rings. The third-order valence-electron chi connectivity index (χ3n) is 3.92. The first-order valence-corrected chi connectivity index (χ1v) is 7.51. The van der Waals surface area contributed by atoms with Crippen LogP contribution in [0.3, 0.4) is 0 Å². The van der Waals surface area contributed by atoms with Gasteiger partial charge in [-0.15, -0.1) is 11.6 Å². The Morgan fingerprint density at radius 1 is 1.10 bits per heavy atom. The summed E-state index contributed by atoms with van der Waals surface area (Å²) in [5.74, 6) is 0.219. The normalized spacial score (nSPS) is 13.5. The monoisotopic (exact) mass is 301 g/mol. The predicted molar refractivity (Wildman–Crippen MR) is 87.9 cm³/mol. The summed E-state index contributed by atoms with van der Waals surface area (Å²) < 4.78 is 0. The second-order valence-electron chi connectivity index (χ2n) is 5.53. The van der Waals surface area contributed by atoms with Crippen LogP contribution >= 0.6 is 11.6 Å². The molecule has 3 heteroatoms. The molecule has 1 atom stereocenters. The highest BCUT2D eigenvalue weighted by molar-refractivity contribution is 6.19. The summed E-state index contributed by atoms with van der Waals surface area (Å²) >= 11 is 6.13. The molecule has 0 heterocycles. The first kappa shape index (κ1) is 15.6. The largest absolute Gasteiger partial charge is 0.342 e. The number of aryl methyl sites for hydroxylation is 1. The lowest BCUT2D eigenvalue weighted by atomic mass is 9.93. The van der Waals surface area contributed by atoms with E-state index in [1.165, 1.54) is 0 Å². The third kappa shape index (κ3) is 3.27. The van der Waals surface area contributed by atoms with Gasteiger partial charge < -0.3 is 5.32 Å². The van der Waals surface area contributed by atoms with Gasteiger partial charge in [0.1, 0.15) is 0 Å². The molecule has 0 aromatic heterocycles. The van der Waals surface area contributed by atoms with Crippen molar-refractivity contribution in [1.82, 2.24) is 5.32 Å². The summed E-state index contributed by atoms with van der Waals surface area (Å²) in [6, 6.07) is 15.6. The summed E-state index contributed by atoms with van der Waals surface area (Å²) in [5.41, 5.74) is 3.21. The number of nitrogens with one attached hydrogen (secondary N) is 1. The van der Waals surface area contributed by atoms with E-state index in [0.717, 1.165) is 16.7 Å². The minimum Gasteiger partial charge on any atom is -0.342 e. The van der Waals surface area contributed by atoms with Crippen LogP contribution in [0.15, 0.2) is 48.5 Å². The van der Waals surface area contributed by atoms with Crippen molar-refractivity contribution in [3.8, 4) is 0 Å². The smallest absolute Gasteiger partial charge is 0.252 e. The lowest BCUT2D eigenvalue weighted by Gasteiger charge is -2.29. The van der Waals surface area contributed by atoms with Crippen molar-refractivity contribution in [2.75, 3.05) is 5.88 Å². The van der Waals surface area contributed by atoms with Crippen LogP contribution in [0, 0.1) is 13.8 Å². The Labute approximate surface area is 131 Å². The molecule has 2 aromatic carbocycles. The van der Waals surface area contributed by atoms with Crippen molar-refractivity contribution in [2.45, 2.75) is 26.3 Å². The van der Waals surface area contributed by atoms with Crippen LogP contribution in [0.5, 0.6) is 0 Å². The van der Waals surface area contributed by atoms with Crippen LogP contribution in [-0.4, -0.2) is 11.8 Å². The standard InChI is InChI=1S/C18H20ClNO/c1-13-8-7-11-16(14(13)2)17(21)20-18(3,12-19)15-9-5-4-6-10-15/h4-11H,12H2,1-3H3,(H,20,21). The van der Waals surface area contributed by atoms with E-state index in [2.05, 4.69) is 5.32 Å². The van der Waals surface area contributed by atoms with Gasteiger partial charge in [0, 0.05) is 11.4 Å². The number of hydrogen-bond acceptors (Lipinski definition) is 1. The van der Waals surface area contributed by atoms with Gasteiger partial charge in [-0.2, -0.15) is 0 Å². The first-order chi connectivity index (χ1) is 9.98. The van der Waals surface area contributed by atoms with Gasteiger partial charge >= 0.3 is 0 Å². The number of halogens is 1. The van der Waals surface area contributed by atoms with Gasteiger partial charge in [0.2, 0.25) is 0 Å². The lowest BCUT2D eigenvalue weighted by Crippen LogP contribution is -2.45. The Kier molecular flexibility index (Phi) is 4.69. The zero-order valence-corrected chi connectivity index (χ0v) is 13.4. The summed E-state index contributed by atoms with van der Waals surface area (Å²) in [4.78, 5) is 12.6. The lowest BCUT2D eigenvalue weighted by molar-refractivity contribution is 0.0912. The molecule has 0 fully saturated rings. The fourth-order valence-corrected chi connectivity index (χ4v) is 2.52. The van der Waals surface area contributed by atoms with Crippen LogP contribution in [0.1, 0.15) is 34.0 Å². The maximum Gasteiger partial charge on any atom is 0.252 e. The zero-order valence-electron chi connectivity index (χ0n) is 12.6. The molecule has 21 heavy (non-hydrogen) atoms. The minimum absolute atomic E-state index is 0.0943. The number of carbonyl (C=O) groups is 1. The van der Waals surface area contributed by atoms with E-state index in [1.807, 2.05) is 69.3 Å². The predicted octanol–water partition coefficient (Wildman–Crippen LogP) is 4.19. The van der Waals surface area contributed by atoms with Gasteiger partial charge in [0.05, 0.1) is 5.54 Å². The molecule has 0 aliphatic carbocycles. The number of amides is 1. The van der Waals surface area contributed by atoms with Gasteiger partial charge in [-0.05, 0) is 43.5 Å². The summed E-state index contributed by atoms with van der Waals surface area (Å²) in [6.45, 7) is 5.91. The Balaban J connectivity index is 2.30. The molecular formula is C18H20ClNO. The summed E-state index contributed by atoms with van der Waals surface area (Å²) in [6.07, 6.45) is 0. The molecule has 1 unspecified atom stereocenters. The highest BCUT2D eigenvalue weighted by Crippen LogP contribution is 2.23. The molecule has 1 amide bonds. The Morgan fingerprint density at radius 3 is 2.38 bits per heavy atom. The van der Waals surface area contributed by atoms with Crippen molar-refractivity contribution < 1.29 is 4.79 Å². The average Bonchev–Trinajstić information content (AvgIpc) is 2.50. The van der Waals surface area contributed by atoms with Gasteiger partial charge in [-0.25, -0.2) is 0 Å². The van der Waals surface area contributed by atoms with Gasteiger partial charge in [0.15, 0.2) is 0 Å². The first-order valence-electron chi connectivity index (χ1n) is 6.98. The molecule has 0 aliphatic heterocycles. The van der Waals surface area contributed by atoms with Crippen molar-refractivity contribution >= 4 is 17.5 Å². The van der Waals surface area contributed by atoms with Crippen molar-refractivity contribution in [1.29, 1.82) is 0 Å². The number of alkyl halides is 1. The van der Waals surface area contributed by atoms with E-state index < -0.39 is 5.54 Å². The van der Waals surface area contributed by atoms with E-state index >= 15 is 0 Å². The maximum absolute atomic E-state index is 12.6. The van der Waals surface area contributed by atoms with E-state index in [0.29, 0.717) is 11.4 Å². The maximum atomic E-state index is 12.6. The second-order valence-corrected chi connectivity index (χ2v) is 5.80. The van der Waals surface area contributed by atoms with Crippen LogP contribution in [0.2, 0.25) is 0 Å². The molecular weight excluding hydrogens is 282 g/mol. The molecule has 2 nitrogen and oxygen atoms in total. The quantitative estimate of drug-likeness (QED) is 0.843. The highest BCUT2D eigenvalue weighted by Gasteiger charge is 2.28. The Morgan fingerprint density at radius 2 is 1.76 bits per heavy atom. The molecule has 0 saturated carbocycles.